The van der Waals surface area contributed by atoms with Crippen molar-refractivity contribution in [3.63, 3.8) is 0 Å². The van der Waals surface area contributed by atoms with Gasteiger partial charge in [-0.25, -0.2) is 9.59 Å². The molecule has 1 rings (SSSR count). The molecule has 10 heteroatoms. The molecule has 0 aromatic heterocycles. The third kappa shape index (κ3) is 6.63. The highest BCUT2D eigenvalue weighted by Gasteiger charge is 2.25. The van der Waals surface area contributed by atoms with Crippen LogP contribution in [-0.2, 0) is 0 Å². The Kier molecular flexibility index (Phi) is 8.55. The first kappa shape index (κ1) is 23.1. The lowest BCUT2D eigenvalue weighted by Gasteiger charge is -2.15. The Hall–Kier alpha value is -2.98. The Balaban J connectivity index is 3.24. The monoisotopic (exact) mass is 394 g/mol. The number of likely N-dealkylation sites (N-methyl/N-ethyl adjacent to an activating group) is 2. The molecule has 0 atom stereocenters. The zero-order chi connectivity index (χ0) is 21.4. The molecule has 10 nitrogen and oxygen atoms in total. The van der Waals surface area contributed by atoms with E-state index in [2.05, 4.69) is 10.6 Å². The van der Waals surface area contributed by atoms with Crippen LogP contribution in [0.4, 0.5) is 0 Å². The number of hydrogen-bond donors (Lipinski definition) is 4. The summed E-state index contributed by atoms with van der Waals surface area (Å²) in [6.45, 7) is 1.54. The van der Waals surface area contributed by atoms with Crippen molar-refractivity contribution < 1.29 is 29.4 Å². The Morgan fingerprint density at radius 1 is 0.714 bits per heavy atom. The normalized spacial score (nSPS) is 10.8. The fourth-order valence-electron chi connectivity index (χ4n) is 2.31. The number of carbonyl (C=O) groups is 4. The molecule has 1 aromatic rings. The zero-order valence-corrected chi connectivity index (χ0v) is 16.4. The summed E-state index contributed by atoms with van der Waals surface area (Å²) in [7, 11) is 7.23. The van der Waals surface area contributed by atoms with Crippen LogP contribution < -0.4 is 10.6 Å². The van der Waals surface area contributed by atoms with Gasteiger partial charge in [0.1, 0.15) is 0 Å². The molecule has 0 aliphatic heterocycles. The van der Waals surface area contributed by atoms with E-state index in [9.17, 15) is 29.4 Å². The maximum Gasteiger partial charge on any atom is 0.336 e. The third-order valence-corrected chi connectivity index (χ3v) is 3.80. The van der Waals surface area contributed by atoms with Crippen molar-refractivity contribution in [2.24, 2.45) is 0 Å². The quantitative estimate of drug-likeness (QED) is 0.423. The van der Waals surface area contributed by atoms with Gasteiger partial charge in [0.15, 0.2) is 0 Å². The summed E-state index contributed by atoms with van der Waals surface area (Å²) in [4.78, 5) is 51.6. The Bertz CT molecular complexity index is 697. The Labute approximate surface area is 163 Å². The van der Waals surface area contributed by atoms with Crippen molar-refractivity contribution in [1.29, 1.82) is 0 Å². The molecular formula is C18H26N4O6. The van der Waals surface area contributed by atoms with Crippen LogP contribution in [0.15, 0.2) is 12.1 Å². The van der Waals surface area contributed by atoms with Crippen LogP contribution in [0.25, 0.3) is 0 Å². The molecule has 0 unspecified atom stereocenters. The number of carboxylic acid groups (broad SMARTS) is 2. The molecule has 154 valence electrons. The fourth-order valence-corrected chi connectivity index (χ4v) is 2.31. The second-order valence-electron chi connectivity index (χ2n) is 6.67. The smallest absolute Gasteiger partial charge is 0.336 e. The minimum absolute atomic E-state index is 0.250. The lowest BCUT2D eigenvalue weighted by atomic mass is 9.97. The van der Waals surface area contributed by atoms with Gasteiger partial charge in [-0.3, -0.25) is 9.59 Å². The third-order valence-electron chi connectivity index (χ3n) is 3.80. The van der Waals surface area contributed by atoms with Gasteiger partial charge < -0.3 is 30.6 Å². The van der Waals surface area contributed by atoms with Crippen LogP contribution in [0.2, 0.25) is 0 Å². The number of amides is 2. The van der Waals surface area contributed by atoms with Gasteiger partial charge in [-0.15, -0.1) is 0 Å². The summed E-state index contributed by atoms with van der Waals surface area (Å²) in [5, 5.41) is 24.0. The maximum absolute atomic E-state index is 12.4. The SMILES string of the molecule is CN(C)CCNC(=O)c1cc(C(=O)O)c(C(=O)NCCN(C)C)cc1C(=O)O. The Morgan fingerprint density at radius 2 is 1.04 bits per heavy atom. The predicted molar refractivity (Wildman–Crippen MR) is 102 cm³/mol. The van der Waals surface area contributed by atoms with Crippen molar-refractivity contribution in [1.82, 2.24) is 20.4 Å². The molecule has 0 saturated carbocycles. The van der Waals surface area contributed by atoms with Gasteiger partial charge in [0, 0.05) is 26.2 Å². The minimum Gasteiger partial charge on any atom is -0.478 e. The molecule has 1 aromatic carbocycles. The lowest BCUT2D eigenvalue weighted by Crippen LogP contribution is -2.34. The average molecular weight is 394 g/mol. The Morgan fingerprint density at radius 3 is 1.29 bits per heavy atom. The maximum atomic E-state index is 12.4. The summed E-state index contributed by atoms with van der Waals surface area (Å²) in [6, 6.07) is 1.86. The average Bonchev–Trinajstić information content (AvgIpc) is 2.59. The van der Waals surface area contributed by atoms with Crippen molar-refractivity contribution in [2.75, 3.05) is 54.4 Å². The molecule has 0 fully saturated rings. The van der Waals surface area contributed by atoms with E-state index in [4.69, 9.17) is 0 Å². The molecule has 0 saturated heterocycles. The van der Waals surface area contributed by atoms with Crippen molar-refractivity contribution in [3.8, 4) is 0 Å². The van der Waals surface area contributed by atoms with Gasteiger partial charge in [0.25, 0.3) is 11.8 Å². The van der Waals surface area contributed by atoms with Crippen molar-refractivity contribution in [2.45, 2.75) is 0 Å². The number of aromatic carboxylic acids is 2. The number of nitrogens with zero attached hydrogens (tertiary/aromatic N) is 2. The highest BCUT2D eigenvalue weighted by Crippen LogP contribution is 2.18. The second kappa shape index (κ2) is 10.4. The predicted octanol–water partition coefficient (Wildman–Crippen LogP) is -0.334. The van der Waals surface area contributed by atoms with Gasteiger partial charge in [0.2, 0.25) is 0 Å². The van der Waals surface area contributed by atoms with Crippen LogP contribution in [0.5, 0.6) is 0 Å². The highest BCUT2D eigenvalue weighted by atomic mass is 16.4. The number of nitrogens with one attached hydrogen (secondary N) is 2. The lowest BCUT2D eigenvalue weighted by molar-refractivity contribution is 0.0675. The fraction of sp³-hybridized carbons (Fsp3) is 0.444. The summed E-state index contributed by atoms with van der Waals surface area (Å²) >= 11 is 0. The van der Waals surface area contributed by atoms with Gasteiger partial charge in [-0.1, -0.05) is 0 Å². The van der Waals surface area contributed by atoms with E-state index in [-0.39, 0.29) is 24.2 Å². The summed E-state index contributed by atoms with van der Waals surface area (Å²) in [6.07, 6.45) is 0. The first-order valence-corrected chi connectivity index (χ1v) is 8.55. The molecule has 4 N–H and O–H groups in total. The first-order valence-electron chi connectivity index (χ1n) is 8.55. The van der Waals surface area contributed by atoms with Crippen LogP contribution in [0, 0.1) is 0 Å². The highest BCUT2D eigenvalue weighted by molar-refractivity contribution is 6.11. The first-order chi connectivity index (χ1) is 13.0. The van der Waals surface area contributed by atoms with Gasteiger partial charge >= 0.3 is 11.9 Å². The van der Waals surface area contributed by atoms with Crippen LogP contribution >= 0.6 is 0 Å². The number of rotatable bonds is 10. The molecule has 0 spiro atoms. The summed E-state index contributed by atoms with van der Waals surface area (Å²) in [5.41, 5.74) is -1.50. The second-order valence-corrected chi connectivity index (χ2v) is 6.67. The summed E-state index contributed by atoms with van der Waals surface area (Å²) in [5.74, 6) is -4.31. The number of carboxylic acids is 2. The van der Waals surface area contributed by atoms with Gasteiger partial charge in [-0.2, -0.15) is 0 Å². The van der Waals surface area contributed by atoms with Crippen LogP contribution in [0.3, 0.4) is 0 Å². The molecule has 0 heterocycles. The van der Waals surface area contributed by atoms with Crippen molar-refractivity contribution in [3.05, 3.63) is 34.4 Å². The van der Waals surface area contributed by atoms with Gasteiger partial charge in [-0.05, 0) is 40.3 Å². The molecule has 0 aliphatic rings. The molecular weight excluding hydrogens is 368 g/mol. The zero-order valence-electron chi connectivity index (χ0n) is 16.4. The molecule has 0 aliphatic carbocycles. The van der Waals surface area contributed by atoms with E-state index in [1.165, 1.54) is 0 Å². The van der Waals surface area contributed by atoms with E-state index in [0.29, 0.717) is 13.1 Å². The van der Waals surface area contributed by atoms with Crippen molar-refractivity contribution >= 4 is 23.8 Å². The molecule has 0 bridgehead atoms. The number of carbonyl (C=O) groups excluding carboxylic acids is 2. The van der Waals surface area contributed by atoms with E-state index in [1.54, 1.807) is 28.2 Å². The molecule has 2 amide bonds. The van der Waals surface area contributed by atoms with Crippen LogP contribution in [-0.4, -0.2) is 98.1 Å². The van der Waals surface area contributed by atoms with E-state index in [0.717, 1.165) is 12.1 Å². The van der Waals surface area contributed by atoms with E-state index >= 15 is 0 Å². The number of benzene rings is 1. The number of hydrogen-bond acceptors (Lipinski definition) is 6. The topological polar surface area (TPSA) is 139 Å². The van der Waals surface area contributed by atoms with Crippen LogP contribution in [0.1, 0.15) is 41.4 Å². The van der Waals surface area contributed by atoms with E-state index < -0.39 is 34.9 Å². The largest absolute Gasteiger partial charge is 0.478 e. The minimum atomic E-state index is -1.43. The van der Waals surface area contributed by atoms with E-state index in [1.807, 2.05) is 9.80 Å². The summed E-state index contributed by atoms with van der Waals surface area (Å²) < 4.78 is 0. The molecule has 28 heavy (non-hydrogen) atoms. The molecule has 0 radical (unpaired) electrons. The van der Waals surface area contributed by atoms with Gasteiger partial charge in [0.05, 0.1) is 22.3 Å². The standard InChI is InChI=1S/C18H26N4O6/c1-21(2)7-5-19-15(23)11-9-14(18(27)28)12(10-13(11)17(25)26)16(24)20-6-8-22(3)4/h9-10H,5-8H2,1-4H3,(H,19,23)(H,20,24)(H,25,26)(H,27,28).